The summed E-state index contributed by atoms with van der Waals surface area (Å²) in [6.45, 7) is 4.51. The first-order chi connectivity index (χ1) is 15.9. The van der Waals surface area contributed by atoms with Crippen molar-refractivity contribution in [2.75, 3.05) is 26.7 Å². The Hall–Kier alpha value is -3.00. The van der Waals surface area contributed by atoms with Crippen molar-refractivity contribution in [3.05, 3.63) is 42.4 Å². The summed E-state index contributed by atoms with van der Waals surface area (Å²) < 4.78 is 6.29. The zero-order chi connectivity index (χ0) is 23.5. The molecule has 1 aliphatic carbocycles. The van der Waals surface area contributed by atoms with Gasteiger partial charge >= 0.3 is 0 Å². The van der Waals surface area contributed by atoms with Crippen molar-refractivity contribution in [2.24, 2.45) is 11.8 Å². The fourth-order valence-corrected chi connectivity index (χ4v) is 4.34. The minimum atomic E-state index is -0.358. The average Bonchev–Trinajstić information content (AvgIpc) is 2.79. The van der Waals surface area contributed by atoms with Crippen LogP contribution in [0, 0.1) is 11.8 Å². The molecule has 2 aromatic rings. The van der Waals surface area contributed by atoms with E-state index in [1.807, 2.05) is 33.0 Å². The Bertz CT molecular complexity index is 995. The van der Waals surface area contributed by atoms with Gasteiger partial charge in [0.2, 0.25) is 11.8 Å². The molecule has 176 valence electrons. The van der Waals surface area contributed by atoms with Gasteiger partial charge in [-0.2, -0.15) is 0 Å². The zero-order valence-electron chi connectivity index (χ0n) is 19.5. The molecule has 2 amide bonds. The second-order valence-electron chi connectivity index (χ2n) is 9.29. The first-order valence-corrected chi connectivity index (χ1v) is 11.6. The number of aromatic nitrogens is 2. The van der Waals surface area contributed by atoms with Gasteiger partial charge < -0.3 is 19.6 Å². The van der Waals surface area contributed by atoms with Gasteiger partial charge in [-0.25, -0.2) is 4.98 Å². The molecule has 1 saturated carbocycles. The van der Waals surface area contributed by atoms with Crippen LogP contribution in [0.1, 0.15) is 43.5 Å². The van der Waals surface area contributed by atoms with Crippen molar-refractivity contribution in [2.45, 2.75) is 45.3 Å². The third kappa shape index (κ3) is 4.85. The topological polar surface area (TPSA) is 95.9 Å². The number of carbonyl (C=O) groups excluding carboxylic acids is 2. The van der Waals surface area contributed by atoms with Crippen LogP contribution in [0.2, 0.25) is 0 Å². The number of aliphatic hydroxyl groups excluding tert-OH is 1. The van der Waals surface area contributed by atoms with E-state index in [0.717, 1.165) is 30.4 Å². The van der Waals surface area contributed by atoms with Crippen LogP contribution in [0.3, 0.4) is 0 Å². The molecule has 3 heterocycles. The maximum absolute atomic E-state index is 13.5. The molecule has 0 aromatic carbocycles. The number of hydrogen-bond donors (Lipinski definition) is 1. The lowest BCUT2D eigenvalue weighted by atomic mass is 9.84. The monoisotopic (exact) mass is 452 g/mol. The van der Waals surface area contributed by atoms with Gasteiger partial charge in [0.15, 0.2) is 0 Å². The van der Waals surface area contributed by atoms with Crippen molar-refractivity contribution < 1.29 is 19.4 Å². The number of hydrogen-bond acceptors (Lipinski definition) is 6. The molecule has 2 aliphatic rings. The van der Waals surface area contributed by atoms with E-state index in [0.29, 0.717) is 18.7 Å². The van der Waals surface area contributed by atoms with Crippen LogP contribution in [0.4, 0.5) is 0 Å². The van der Waals surface area contributed by atoms with Crippen molar-refractivity contribution in [3.8, 4) is 17.0 Å². The normalized spacial score (nSPS) is 21.8. The summed E-state index contributed by atoms with van der Waals surface area (Å²) in [7, 11) is 1.81. The van der Waals surface area contributed by atoms with Crippen LogP contribution in [0.25, 0.3) is 11.1 Å². The minimum Gasteiger partial charge on any atom is -0.472 e. The van der Waals surface area contributed by atoms with Gasteiger partial charge in [0, 0.05) is 55.1 Å². The summed E-state index contributed by atoms with van der Waals surface area (Å²) in [6, 6.07) is 5.15. The van der Waals surface area contributed by atoms with E-state index < -0.39 is 0 Å². The van der Waals surface area contributed by atoms with E-state index in [1.165, 1.54) is 0 Å². The summed E-state index contributed by atoms with van der Waals surface area (Å²) in [6.07, 6.45) is 7.75. The Kier molecular flexibility index (Phi) is 6.93. The molecule has 0 unspecified atom stereocenters. The van der Waals surface area contributed by atoms with Gasteiger partial charge in [-0.1, -0.05) is 19.4 Å². The first kappa shape index (κ1) is 23.2. The second kappa shape index (κ2) is 9.87. The Balaban J connectivity index is 1.67. The molecule has 0 spiro atoms. The van der Waals surface area contributed by atoms with Crippen molar-refractivity contribution in [1.29, 1.82) is 0 Å². The number of fused-ring (bicyclic) bond motifs is 1. The minimum absolute atomic E-state index is 0.0625. The first-order valence-electron chi connectivity index (χ1n) is 11.6. The van der Waals surface area contributed by atoms with Crippen LogP contribution in [-0.4, -0.2) is 75.6 Å². The molecule has 1 fully saturated rings. The number of rotatable bonds is 6. The molecule has 2 aromatic heterocycles. The van der Waals surface area contributed by atoms with E-state index in [2.05, 4.69) is 9.97 Å². The van der Waals surface area contributed by atoms with Gasteiger partial charge in [0.1, 0.15) is 11.7 Å². The van der Waals surface area contributed by atoms with Gasteiger partial charge in [-0.15, -0.1) is 0 Å². The van der Waals surface area contributed by atoms with E-state index in [1.54, 1.807) is 34.5 Å². The third-order valence-electron chi connectivity index (χ3n) is 6.80. The van der Waals surface area contributed by atoms with Crippen molar-refractivity contribution in [1.82, 2.24) is 19.8 Å². The highest BCUT2D eigenvalue weighted by Gasteiger charge is 2.36. The number of nitrogens with zero attached hydrogens (tertiary/aromatic N) is 4. The largest absolute Gasteiger partial charge is 0.472 e. The smallest absolute Gasteiger partial charge is 0.259 e. The molecule has 3 atom stereocenters. The lowest BCUT2D eigenvalue weighted by molar-refractivity contribution is -0.138. The molecular weight excluding hydrogens is 420 g/mol. The molecule has 1 N–H and O–H groups in total. The molecule has 33 heavy (non-hydrogen) atoms. The molecule has 0 radical (unpaired) electrons. The maximum Gasteiger partial charge on any atom is 0.259 e. The average molecular weight is 453 g/mol. The van der Waals surface area contributed by atoms with Crippen LogP contribution in [0.15, 0.2) is 36.8 Å². The molecule has 0 bridgehead atoms. The lowest BCUT2D eigenvalue weighted by Gasteiger charge is -2.38. The predicted octanol–water partition coefficient (Wildman–Crippen LogP) is 2.62. The fraction of sp³-hybridized carbons (Fsp3) is 0.520. The van der Waals surface area contributed by atoms with Gasteiger partial charge in [-0.05, 0) is 31.9 Å². The highest BCUT2D eigenvalue weighted by atomic mass is 16.5. The molecule has 0 saturated heterocycles. The SMILES string of the molecule is C[C@H]1CN([C@@H](C)CO)C(=O)c2cc(-c3cccnc3)cnc2O[C@H]1CN(C)C(=O)C1CCC1. The standard InChI is InChI=1S/C25H32N4O4/c1-16-13-29(17(2)15-30)25(32)21-10-20(19-8-5-9-26-11-19)12-27-23(21)33-22(16)14-28(3)24(31)18-6-4-7-18/h5,8-12,16-18,22,30H,4,6-7,13-15H2,1-3H3/t16-,17-,22-/m0/s1. The summed E-state index contributed by atoms with van der Waals surface area (Å²) in [4.78, 5) is 38.3. The van der Waals surface area contributed by atoms with Gasteiger partial charge in [-0.3, -0.25) is 14.6 Å². The Morgan fingerprint density at radius 1 is 1.33 bits per heavy atom. The third-order valence-corrected chi connectivity index (χ3v) is 6.80. The molecule has 4 rings (SSSR count). The quantitative estimate of drug-likeness (QED) is 0.724. The summed E-state index contributed by atoms with van der Waals surface area (Å²) in [5.41, 5.74) is 1.96. The molecule has 1 aliphatic heterocycles. The number of ether oxygens (including phenoxy) is 1. The van der Waals surface area contributed by atoms with E-state index in [-0.39, 0.29) is 48.3 Å². The molecule has 8 heteroatoms. The Labute approximate surface area is 194 Å². The Morgan fingerprint density at radius 2 is 2.12 bits per heavy atom. The van der Waals surface area contributed by atoms with Crippen LogP contribution in [0.5, 0.6) is 5.88 Å². The zero-order valence-corrected chi connectivity index (χ0v) is 19.5. The van der Waals surface area contributed by atoms with Crippen molar-refractivity contribution >= 4 is 11.8 Å². The highest BCUT2D eigenvalue weighted by Crippen LogP contribution is 2.31. The summed E-state index contributed by atoms with van der Waals surface area (Å²) in [5.74, 6) is 0.222. The second-order valence-corrected chi connectivity index (χ2v) is 9.29. The summed E-state index contributed by atoms with van der Waals surface area (Å²) >= 11 is 0. The van der Waals surface area contributed by atoms with Crippen LogP contribution < -0.4 is 4.74 Å². The number of likely N-dealkylation sites (N-methyl/N-ethyl adjacent to an activating group) is 1. The number of amides is 2. The molecular formula is C25H32N4O4. The number of pyridine rings is 2. The van der Waals surface area contributed by atoms with E-state index in [4.69, 9.17) is 4.74 Å². The number of aliphatic hydroxyl groups is 1. The van der Waals surface area contributed by atoms with Crippen LogP contribution in [-0.2, 0) is 4.79 Å². The maximum atomic E-state index is 13.5. The summed E-state index contributed by atoms with van der Waals surface area (Å²) in [5, 5.41) is 9.81. The van der Waals surface area contributed by atoms with E-state index >= 15 is 0 Å². The molecule has 8 nitrogen and oxygen atoms in total. The van der Waals surface area contributed by atoms with Gasteiger partial charge in [0.25, 0.3) is 5.91 Å². The lowest BCUT2D eigenvalue weighted by Crippen LogP contribution is -2.51. The predicted molar refractivity (Wildman–Crippen MR) is 124 cm³/mol. The highest BCUT2D eigenvalue weighted by molar-refractivity contribution is 5.98. The Morgan fingerprint density at radius 3 is 2.76 bits per heavy atom. The van der Waals surface area contributed by atoms with Crippen LogP contribution >= 0.6 is 0 Å². The number of carbonyl (C=O) groups is 2. The van der Waals surface area contributed by atoms with Gasteiger partial charge in [0.05, 0.1) is 19.2 Å². The fourth-order valence-electron chi connectivity index (χ4n) is 4.34. The van der Waals surface area contributed by atoms with Crippen molar-refractivity contribution in [3.63, 3.8) is 0 Å². The van der Waals surface area contributed by atoms with E-state index in [9.17, 15) is 14.7 Å².